The van der Waals surface area contributed by atoms with Gasteiger partial charge in [-0.25, -0.2) is 4.79 Å². The number of halogens is 3. The number of hydrogen-bond donors (Lipinski definition) is 0. The summed E-state index contributed by atoms with van der Waals surface area (Å²) in [4.78, 5) is 37.1. The van der Waals surface area contributed by atoms with Crippen molar-refractivity contribution in [3.63, 3.8) is 0 Å². The maximum atomic E-state index is 14.0. The van der Waals surface area contributed by atoms with Crippen LogP contribution in [-0.2, 0) is 33.3 Å². The van der Waals surface area contributed by atoms with Crippen molar-refractivity contribution in [1.82, 2.24) is 0 Å². The van der Waals surface area contributed by atoms with Crippen molar-refractivity contribution in [3.05, 3.63) is 22.5 Å². The maximum absolute atomic E-state index is 14.0. The molecule has 2 rings (SSSR count). The summed E-state index contributed by atoms with van der Waals surface area (Å²) in [7, 11) is 2.12. The average molecular weight is 406 g/mol. The van der Waals surface area contributed by atoms with Gasteiger partial charge in [-0.15, -0.1) is 0 Å². The number of allylic oxidation sites excluding steroid dienone is 3. The smallest absolute Gasteiger partial charge is 0.443 e. The van der Waals surface area contributed by atoms with E-state index in [9.17, 15) is 27.6 Å². The molecule has 0 radical (unpaired) electrons. The Labute approximate surface area is 159 Å². The average Bonchev–Trinajstić information content (AvgIpc) is 3.05. The highest BCUT2D eigenvalue weighted by Crippen LogP contribution is 2.56. The lowest BCUT2D eigenvalue weighted by atomic mass is 9.83. The molecule has 0 N–H and O–H groups in total. The number of alkyl halides is 3. The molecule has 2 aliphatic rings. The van der Waals surface area contributed by atoms with Gasteiger partial charge >= 0.3 is 29.7 Å². The zero-order valence-electron chi connectivity index (χ0n) is 16.1. The van der Waals surface area contributed by atoms with Crippen molar-refractivity contribution in [3.8, 4) is 0 Å². The molecule has 0 saturated heterocycles. The summed E-state index contributed by atoms with van der Waals surface area (Å²) in [6.07, 6.45) is -5.81. The standard InChI is InChI=1S/C18H21F3O7/c1-6-27-15(24)17(18(19,20)21)9(2)11-7-16(13(22)25-4,14(23)26-5)8-12(11)10(3)28-17/h6-8H2,1-5H3. The number of carbonyl (C=O) groups excluding carboxylic acids is 3. The Morgan fingerprint density at radius 2 is 1.50 bits per heavy atom. The van der Waals surface area contributed by atoms with Crippen LogP contribution in [-0.4, -0.2) is 50.5 Å². The Morgan fingerprint density at radius 3 is 1.93 bits per heavy atom. The molecular formula is C18H21F3O7. The molecule has 1 saturated carbocycles. The highest BCUT2D eigenvalue weighted by molar-refractivity contribution is 6.02. The summed E-state index contributed by atoms with van der Waals surface area (Å²) >= 11 is 0. The van der Waals surface area contributed by atoms with Gasteiger partial charge in [-0.1, -0.05) is 0 Å². The predicted octanol–water partition coefficient (Wildman–Crippen LogP) is 2.60. The number of carbonyl (C=O) groups is 3. The lowest BCUT2D eigenvalue weighted by Crippen LogP contribution is -2.57. The van der Waals surface area contributed by atoms with Gasteiger partial charge in [0.15, 0.2) is 5.41 Å². The fraction of sp³-hybridized carbons (Fsp3) is 0.611. The summed E-state index contributed by atoms with van der Waals surface area (Å²) in [6.45, 7) is 3.41. The van der Waals surface area contributed by atoms with Crippen molar-refractivity contribution in [2.75, 3.05) is 20.8 Å². The Morgan fingerprint density at radius 1 is 1.00 bits per heavy atom. The van der Waals surface area contributed by atoms with E-state index in [1.165, 1.54) is 13.8 Å². The Bertz CT molecular complexity index is 763. The van der Waals surface area contributed by atoms with Crippen molar-refractivity contribution < 1.29 is 46.5 Å². The fourth-order valence-electron chi connectivity index (χ4n) is 3.73. The second-order valence-electron chi connectivity index (χ2n) is 6.56. The molecule has 0 aromatic carbocycles. The van der Waals surface area contributed by atoms with E-state index in [0.29, 0.717) is 0 Å². The van der Waals surface area contributed by atoms with Crippen molar-refractivity contribution in [1.29, 1.82) is 0 Å². The van der Waals surface area contributed by atoms with Crippen molar-refractivity contribution in [2.45, 2.75) is 45.4 Å². The third kappa shape index (κ3) is 2.85. The van der Waals surface area contributed by atoms with Gasteiger partial charge in [0.05, 0.1) is 26.6 Å². The van der Waals surface area contributed by atoms with E-state index in [0.717, 1.165) is 21.1 Å². The number of esters is 3. The number of hydrogen-bond acceptors (Lipinski definition) is 7. The number of rotatable bonds is 4. The first-order chi connectivity index (χ1) is 12.9. The Balaban J connectivity index is 2.73. The van der Waals surface area contributed by atoms with Crippen LogP contribution < -0.4 is 0 Å². The van der Waals surface area contributed by atoms with Gasteiger partial charge in [0, 0.05) is 12.8 Å². The highest BCUT2D eigenvalue weighted by atomic mass is 19.4. The molecule has 0 aromatic heterocycles. The third-order valence-corrected chi connectivity index (χ3v) is 5.15. The van der Waals surface area contributed by atoms with E-state index >= 15 is 0 Å². The van der Waals surface area contributed by atoms with Gasteiger partial charge in [0.25, 0.3) is 0 Å². The molecule has 0 amide bonds. The van der Waals surface area contributed by atoms with E-state index in [1.807, 2.05) is 0 Å². The lowest BCUT2D eigenvalue weighted by molar-refractivity contribution is -0.255. The molecule has 1 fully saturated rings. The normalized spacial score (nSPS) is 23.7. The second-order valence-corrected chi connectivity index (χ2v) is 6.56. The van der Waals surface area contributed by atoms with Crippen LogP contribution in [0.4, 0.5) is 13.2 Å². The minimum Gasteiger partial charge on any atom is -0.468 e. The van der Waals surface area contributed by atoms with Gasteiger partial charge in [0.2, 0.25) is 0 Å². The molecule has 1 heterocycles. The molecule has 0 spiro atoms. The van der Waals surface area contributed by atoms with E-state index in [1.54, 1.807) is 0 Å². The van der Waals surface area contributed by atoms with Crippen LogP contribution in [0.1, 0.15) is 33.6 Å². The molecule has 0 bridgehead atoms. The van der Waals surface area contributed by atoms with Crippen LogP contribution in [0.3, 0.4) is 0 Å². The predicted molar refractivity (Wildman–Crippen MR) is 87.6 cm³/mol. The second kappa shape index (κ2) is 7.14. The molecule has 1 unspecified atom stereocenters. The van der Waals surface area contributed by atoms with Gasteiger partial charge in [-0.05, 0) is 37.5 Å². The van der Waals surface area contributed by atoms with Crippen molar-refractivity contribution in [2.24, 2.45) is 5.41 Å². The first-order valence-electron chi connectivity index (χ1n) is 8.43. The summed E-state index contributed by atoms with van der Waals surface area (Å²) < 4.78 is 61.2. The van der Waals surface area contributed by atoms with Crippen LogP contribution >= 0.6 is 0 Å². The van der Waals surface area contributed by atoms with Crippen molar-refractivity contribution >= 4 is 17.9 Å². The topological polar surface area (TPSA) is 88.1 Å². The van der Waals surface area contributed by atoms with Gasteiger partial charge in [0.1, 0.15) is 0 Å². The molecule has 0 aromatic rings. The van der Waals surface area contributed by atoms with Gasteiger partial charge < -0.3 is 18.9 Å². The first kappa shape index (κ1) is 21.8. The number of ether oxygens (including phenoxy) is 4. The lowest BCUT2D eigenvalue weighted by Gasteiger charge is -2.39. The molecule has 1 aliphatic carbocycles. The number of fused-ring (bicyclic) bond motifs is 1. The van der Waals surface area contributed by atoms with E-state index in [-0.39, 0.29) is 29.9 Å². The number of methoxy groups -OCH3 is 2. The maximum Gasteiger partial charge on any atom is 0.443 e. The third-order valence-electron chi connectivity index (χ3n) is 5.15. The highest BCUT2D eigenvalue weighted by Gasteiger charge is 2.69. The van der Waals surface area contributed by atoms with E-state index < -0.39 is 47.1 Å². The van der Waals surface area contributed by atoms with E-state index in [2.05, 4.69) is 4.74 Å². The van der Waals surface area contributed by atoms with Crippen LogP contribution in [0.15, 0.2) is 22.5 Å². The largest absolute Gasteiger partial charge is 0.468 e. The van der Waals surface area contributed by atoms with Crippen LogP contribution in [0, 0.1) is 5.41 Å². The Kier molecular flexibility index (Phi) is 5.55. The minimum atomic E-state index is -5.13. The summed E-state index contributed by atoms with van der Waals surface area (Å²) in [6, 6.07) is 0. The Hall–Kier alpha value is -2.52. The zero-order valence-corrected chi connectivity index (χ0v) is 16.1. The van der Waals surface area contributed by atoms with Crippen LogP contribution in [0.5, 0.6) is 0 Å². The molecule has 1 atom stereocenters. The summed E-state index contributed by atoms with van der Waals surface area (Å²) in [5.41, 5.74) is -5.42. The van der Waals surface area contributed by atoms with Gasteiger partial charge in [-0.2, -0.15) is 13.2 Å². The van der Waals surface area contributed by atoms with Crippen LogP contribution in [0.25, 0.3) is 0 Å². The minimum absolute atomic E-state index is 0.0323. The quantitative estimate of drug-likeness (QED) is 0.403. The monoisotopic (exact) mass is 406 g/mol. The summed E-state index contributed by atoms with van der Waals surface area (Å²) in [5.74, 6) is -3.72. The van der Waals surface area contributed by atoms with Gasteiger partial charge in [-0.3, -0.25) is 9.59 Å². The molecule has 156 valence electrons. The fourth-order valence-corrected chi connectivity index (χ4v) is 3.73. The zero-order chi connectivity index (χ0) is 21.5. The molecular weight excluding hydrogens is 385 g/mol. The van der Waals surface area contributed by atoms with E-state index in [4.69, 9.17) is 14.2 Å². The molecule has 10 heteroatoms. The SMILES string of the molecule is CCOC(=O)C1(C(F)(F)F)OC(C)=C2CC(C(=O)OC)(C(=O)OC)CC2=C1C. The molecule has 1 aliphatic heterocycles. The molecule has 7 nitrogen and oxygen atoms in total. The summed E-state index contributed by atoms with van der Waals surface area (Å²) in [5, 5.41) is 0. The van der Waals surface area contributed by atoms with Crippen LogP contribution in [0.2, 0.25) is 0 Å². The molecule has 28 heavy (non-hydrogen) atoms. The first-order valence-corrected chi connectivity index (χ1v) is 8.43.